The zero-order chi connectivity index (χ0) is 15.2. The van der Waals surface area contributed by atoms with E-state index in [9.17, 15) is 10.1 Å². The molecular weight excluding hydrogens is 264 g/mol. The van der Waals surface area contributed by atoms with Crippen molar-refractivity contribution >= 4 is 0 Å². The lowest BCUT2D eigenvalue weighted by molar-refractivity contribution is -0.419. The molecule has 0 amide bonds. The molecule has 0 N–H and O–H groups in total. The Hall–Kier alpha value is -2.62. The largest absolute Gasteiger partial charge is 0.378 e. The van der Waals surface area contributed by atoms with E-state index in [1.807, 2.05) is 32.3 Å². The molecule has 108 valence electrons. The predicted octanol–water partition coefficient (Wildman–Crippen LogP) is 3.53. The summed E-state index contributed by atoms with van der Waals surface area (Å²) in [4.78, 5) is 12.5. The van der Waals surface area contributed by atoms with Gasteiger partial charge in [-0.3, -0.25) is 10.1 Å². The van der Waals surface area contributed by atoms with Crippen LogP contribution < -0.4 is 0 Å². The third-order valence-corrected chi connectivity index (χ3v) is 3.20. The zero-order valence-corrected chi connectivity index (χ0v) is 12.2. The van der Waals surface area contributed by atoms with Crippen LogP contribution in [-0.2, 0) is 0 Å². The van der Waals surface area contributed by atoms with Gasteiger partial charge in [-0.25, -0.2) is 0 Å². The molecule has 0 heterocycles. The first-order chi connectivity index (χ1) is 10.1. The lowest BCUT2D eigenvalue weighted by atomic mass is 10.1. The van der Waals surface area contributed by atoms with Crippen LogP contribution in [0.4, 0.5) is 0 Å². The van der Waals surface area contributed by atoms with E-state index in [-0.39, 0.29) is 10.6 Å². The van der Waals surface area contributed by atoms with Gasteiger partial charge in [-0.1, -0.05) is 36.5 Å². The van der Waals surface area contributed by atoms with Gasteiger partial charge in [0, 0.05) is 31.9 Å². The highest BCUT2D eigenvalue weighted by molar-refractivity contribution is 5.47. The number of nitro groups is 1. The van der Waals surface area contributed by atoms with Gasteiger partial charge in [0.1, 0.15) is 0 Å². The van der Waals surface area contributed by atoms with Crippen molar-refractivity contribution in [2.75, 3.05) is 14.1 Å². The van der Waals surface area contributed by atoms with Crippen LogP contribution >= 0.6 is 0 Å². The molecule has 0 radical (unpaired) electrons. The van der Waals surface area contributed by atoms with Crippen LogP contribution in [-0.4, -0.2) is 23.9 Å². The first-order valence-electron chi connectivity index (χ1n) is 6.73. The van der Waals surface area contributed by atoms with Crippen molar-refractivity contribution in [1.29, 1.82) is 0 Å². The van der Waals surface area contributed by atoms with Crippen LogP contribution in [0, 0.1) is 10.1 Å². The van der Waals surface area contributed by atoms with Gasteiger partial charge < -0.3 is 4.90 Å². The molecule has 0 unspecified atom stereocenters. The van der Waals surface area contributed by atoms with E-state index in [1.54, 1.807) is 18.2 Å². The molecule has 0 spiro atoms. The second-order valence-electron chi connectivity index (χ2n) is 5.02. The van der Waals surface area contributed by atoms with E-state index >= 15 is 0 Å². The fraction of sp³-hybridized carbons (Fsp3) is 0.176. The topological polar surface area (TPSA) is 46.4 Å². The third-order valence-electron chi connectivity index (χ3n) is 3.20. The second kappa shape index (κ2) is 6.70. The van der Waals surface area contributed by atoms with Crippen LogP contribution in [0.25, 0.3) is 0 Å². The van der Waals surface area contributed by atoms with Crippen molar-refractivity contribution in [2.45, 2.75) is 6.42 Å². The standard InChI is InChI=1S/C17H18N2O2/c1-18(2)17-12-10-15(13-17)8-7-14-5-3-4-6-16(11-9-14)19(20)21/h3-4,6-13H,5H2,1-2H3/b4-3-,11-9-,14-7-,15-8-,16-6+. The van der Waals surface area contributed by atoms with Gasteiger partial charge in [-0.05, 0) is 29.7 Å². The maximum absolute atomic E-state index is 10.8. The van der Waals surface area contributed by atoms with Crippen LogP contribution in [0.1, 0.15) is 6.42 Å². The lowest BCUT2D eigenvalue weighted by Crippen LogP contribution is -2.07. The van der Waals surface area contributed by atoms with Crippen LogP contribution in [0.2, 0.25) is 0 Å². The molecule has 0 bridgehead atoms. The van der Waals surface area contributed by atoms with Gasteiger partial charge in [-0.2, -0.15) is 0 Å². The minimum Gasteiger partial charge on any atom is -0.378 e. The van der Waals surface area contributed by atoms with E-state index in [0.29, 0.717) is 0 Å². The van der Waals surface area contributed by atoms with Gasteiger partial charge in [0.05, 0.1) is 4.92 Å². The molecule has 4 heteroatoms. The second-order valence-corrected chi connectivity index (χ2v) is 5.02. The average molecular weight is 282 g/mol. The Morgan fingerprint density at radius 1 is 1.19 bits per heavy atom. The third kappa shape index (κ3) is 4.18. The molecule has 0 atom stereocenters. The zero-order valence-electron chi connectivity index (χ0n) is 12.2. The highest BCUT2D eigenvalue weighted by Gasteiger charge is 2.06. The lowest BCUT2D eigenvalue weighted by Gasteiger charge is -2.10. The van der Waals surface area contributed by atoms with Crippen molar-refractivity contribution in [3.8, 4) is 0 Å². The molecule has 0 fully saturated rings. The summed E-state index contributed by atoms with van der Waals surface area (Å²) < 4.78 is 0. The van der Waals surface area contributed by atoms with E-state index in [1.165, 1.54) is 6.08 Å². The highest BCUT2D eigenvalue weighted by atomic mass is 16.6. The Balaban J connectivity index is 2.16. The molecular formula is C17H18N2O2. The SMILES string of the molecule is CN(C)C1=C\C(=C/C=C2\C=C/C([N+](=O)[O-])=C\C=C/C2)C=C1. The number of nitrogens with zero attached hydrogens (tertiary/aromatic N) is 2. The molecule has 0 aliphatic heterocycles. The van der Waals surface area contributed by atoms with Crippen molar-refractivity contribution in [3.63, 3.8) is 0 Å². The summed E-state index contributed by atoms with van der Waals surface area (Å²) in [5, 5.41) is 10.8. The van der Waals surface area contributed by atoms with Crippen molar-refractivity contribution in [2.24, 2.45) is 0 Å². The minimum absolute atomic E-state index is 0.0973. The summed E-state index contributed by atoms with van der Waals surface area (Å²) in [6.07, 6.45) is 19.5. The maximum atomic E-state index is 10.8. The number of allylic oxidation sites excluding steroid dienone is 12. The summed E-state index contributed by atoms with van der Waals surface area (Å²) in [5.41, 5.74) is 3.41. The summed E-state index contributed by atoms with van der Waals surface area (Å²) in [6.45, 7) is 0. The molecule has 0 aromatic heterocycles. The summed E-state index contributed by atoms with van der Waals surface area (Å²) in [5.74, 6) is 0. The quantitative estimate of drug-likeness (QED) is 0.587. The molecule has 4 nitrogen and oxygen atoms in total. The predicted molar refractivity (Wildman–Crippen MR) is 85.1 cm³/mol. The monoisotopic (exact) mass is 282 g/mol. The molecule has 0 saturated heterocycles. The maximum Gasteiger partial charge on any atom is 0.269 e. The molecule has 2 rings (SSSR count). The smallest absolute Gasteiger partial charge is 0.269 e. The molecule has 0 aromatic rings. The molecule has 21 heavy (non-hydrogen) atoms. The number of likely N-dealkylation sites (N-methyl/N-ethyl adjacent to an activating group) is 1. The Labute approximate surface area is 124 Å². The number of rotatable bonds is 3. The van der Waals surface area contributed by atoms with E-state index in [4.69, 9.17) is 0 Å². The van der Waals surface area contributed by atoms with Gasteiger partial charge >= 0.3 is 0 Å². The van der Waals surface area contributed by atoms with Gasteiger partial charge in [0.15, 0.2) is 0 Å². The summed E-state index contributed by atoms with van der Waals surface area (Å²) >= 11 is 0. The van der Waals surface area contributed by atoms with Crippen LogP contribution in [0.15, 0.2) is 83.3 Å². The van der Waals surface area contributed by atoms with Crippen molar-refractivity contribution < 1.29 is 4.92 Å². The van der Waals surface area contributed by atoms with Gasteiger partial charge in [0.2, 0.25) is 0 Å². The van der Waals surface area contributed by atoms with Gasteiger partial charge in [0.25, 0.3) is 5.70 Å². The molecule has 2 aliphatic rings. The Bertz CT molecular complexity index is 642. The molecule has 0 saturated carbocycles. The van der Waals surface area contributed by atoms with E-state index in [0.717, 1.165) is 23.3 Å². The van der Waals surface area contributed by atoms with Crippen LogP contribution in [0.3, 0.4) is 0 Å². The Morgan fingerprint density at radius 3 is 2.67 bits per heavy atom. The summed E-state index contributed by atoms with van der Waals surface area (Å²) in [6, 6.07) is 0. The number of hydrogen-bond donors (Lipinski definition) is 0. The Kier molecular flexibility index (Phi) is 4.72. The van der Waals surface area contributed by atoms with Gasteiger partial charge in [-0.15, -0.1) is 0 Å². The van der Waals surface area contributed by atoms with Crippen molar-refractivity contribution in [1.82, 2.24) is 4.90 Å². The molecule has 0 aromatic carbocycles. The highest BCUT2D eigenvalue weighted by Crippen LogP contribution is 2.18. The minimum atomic E-state index is -0.381. The number of hydrogen-bond acceptors (Lipinski definition) is 3. The average Bonchev–Trinajstić information content (AvgIpc) is 2.86. The van der Waals surface area contributed by atoms with E-state index in [2.05, 4.69) is 23.1 Å². The Morgan fingerprint density at radius 2 is 2.00 bits per heavy atom. The molecule has 2 aliphatic carbocycles. The normalized spacial score (nSPS) is 26.8. The first-order valence-corrected chi connectivity index (χ1v) is 6.73. The van der Waals surface area contributed by atoms with Crippen LogP contribution in [0.5, 0.6) is 0 Å². The van der Waals surface area contributed by atoms with E-state index < -0.39 is 0 Å². The van der Waals surface area contributed by atoms with Crippen molar-refractivity contribution in [3.05, 3.63) is 93.4 Å². The fourth-order valence-corrected chi connectivity index (χ4v) is 1.97. The fourth-order valence-electron chi connectivity index (χ4n) is 1.97. The first kappa shape index (κ1) is 14.8. The summed E-state index contributed by atoms with van der Waals surface area (Å²) in [7, 11) is 4.01.